The molecular weight excluding hydrogens is 304 g/mol. The van der Waals surface area contributed by atoms with E-state index >= 15 is 0 Å². The second kappa shape index (κ2) is 7.84. The van der Waals surface area contributed by atoms with E-state index in [1.807, 2.05) is 5.38 Å². The number of aromatic nitrogens is 2. The lowest BCUT2D eigenvalue weighted by Gasteiger charge is -2.36. The Labute approximate surface area is 136 Å². The lowest BCUT2D eigenvalue weighted by molar-refractivity contribution is 0.152. The fourth-order valence-electron chi connectivity index (χ4n) is 2.70. The molecule has 4 nitrogen and oxygen atoms in total. The van der Waals surface area contributed by atoms with Crippen molar-refractivity contribution in [3.8, 4) is 0 Å². The van der Waals surface area contributed by atoms with E-state index in [1.165, 1.54) is 22.7 Å². The van der Waals surface area contributed by atoms with Crippen molar-refractivity contribution < 1.29 is 0 Å². The summed E-state index contributed by atoms with van der Waals surface area (Å²) in [6, 6.07) is 9.45. The molecule has 6 heteroatoms. The van der Waals surface area contributed by atoms with E-state index in [1.54, 1.807) is 0 Å². The van der Waals surface area contributed by atoms with E-state index in [9.17, 15) is 0 Å². The first kappa shape index (κ1) is 16.4. The van der Waals surface area contributed by atoms with Crippen LogP contribution in [0.15, 0.2) is 29.6 Å². The predicted octanol–water partition coefficient (Wildman–Crippen LogP) is 2.67. The van der Waals surface area contributed by atoms with Crippen molar-refractivity contribution in [1.29, 1.82) is 0 Å². The molecule has 0 bridgehead atoms. The summed E-state index contributed by atoms with van der Waals surface area (Å²) >= 11 is 1.43. The monoisotopic (exact) mass is 324 g/mol. The van der Waals surface area contributed by atoms with Crippen LogP contribution in [0, 0.1) is 0 Å². The quantitative estimate of drug-likeness (QED) is 0.938. The largest absolute Gasteiger partial charge is 0.314 e. The maximum Gasteiger partial charge on any atom is 0.0895 e. The van der Waals surface area contributed by atoms with Crippen LogP contribution < -0.4 is 5.32 Å². The van der Waals surface area contributed by atoms with Gasteiger partial charge in [-0.05, 0) is 29.1 Å². The highest BCUT2D eigenvalue weighted by Gasteiger charge is 2.24. The third-order valence-corrected chi connectivity index (χ3v) is 4.45. The van der Waals surface area contributed by atoms with Gasteiger partial charge in [0.1, 0.15) is 0 Å². The molecule has 0 amide bonds. The molecular formula is C15H21ClN4S. The molecule has 3 rings (SSSR count). The van der Waals surface area contributed by atoms with Crippen LogP contribution in [0.4, 0.5) is 0 Å². The van der Waals surface area contributed by atoms with Gasteiger partial charge in [0.2, 0.25) is 0 Å². The molecule has 2 aromatic rings. The van der Waals surface area contributed by atoms with Gasteiger partial charge >= 0.3 is 0 Å². The maximum absolute atomic E-state index is 4.17. The number of hydrogen-bond acceptors (Lipinski definition) is 5. The van der Waals surface area contributed by atoms with Gasteiger partial charge in [0, 0.05) is 37.6 Å². The normalized spacial score (nSPS) is 19.2. The zero-order valence-electron chi connectivity index (χ0n) is 12.2. The Morgan fingerprint density at radius 1 is 1.33 bits per heavy atom. The summed E-state index contributed by atoms with van der Waals surface area (Å²) in [6.45, 7) is 6.18. The van der Waals surface area contributed by atoms with E-state index < -0.39 is 0 Å². The second-order valence-electron chi connectivity index (χ2n) is 5.18. The number of halogens is 1. The minimum atomic E-state index is 0. The first-order valence-electron chi connectivity index (χ1n) is 7.16. The summed E-state index contributed by atoms with van der Waals surface area (Å²) in [6.07, 6.45) is 1.09. The fraction of sp³-hybridized carbons (Fsp3) is 0.467. The molecule has 1 aromatic heterocycles. The predicted molar refractivity (Wildman–Crippen MR) is 89.0 cm³/mol. The summed E-state index contributed by atoms with van der Waals surface area (Å²) in [5.41, 5.74) is 3.86. The van der Waals surface area contributed by atoms with E-state index in [0.29, 0.717) is 6.04 Å². The Kier molecular flexibility index (Phi) is 6.11. The number of piperazine rings is 1. The highest BCUT2D eigenvalue weighted by molar-refractivity contribution is 7.03. The standard InChI is InChI=1S/C15H20N4S.ClH/c1-2-12-3-5-13(6-4-12)15-9-16-7-8-19(15)10-14-11-20-18-17-14;/h3-6,11,15-16H,2,7-10H2,1H3;1H. The zero-order chi connectivity index (χ0) is 13.8. The van der Waals surface area contributed by atoms with Crippen molar-refractivity contribution in [2.45, 2.75) is 25.9 Å². The van der Waals surface area contributed by atoms with Gasteiger partial charge in [0.15, 0.2) is 0 Å². The van der Waals surface area contributed by atoms with E-state index in [0.717, 1.165) is 38.3 Å². The van der Waals surface area contributed by atoms with Crippen molar-refractivity contribution >= 4 is 23.9 Å². The smallest absolute Gasteiger partial charge is 0.0895 e. The number of hydrogen-bond donors (Lipinski definition) is 1. The molecule has 1 N–H and O–H groups in total. The van der Waals surface area contributed by atoms with Crippen LogP contribution in [0.2, 0.25) is 0 Å². The lowest BCUT2D eigenvalue weighted by atomic mass is 10.0. The summed E-state index contributed by atoms with van der Waals surface area (Å²) in [5, 5.41) is 9.71. The van der Waals surface area contributed by atoms with E-state index in [-0.39, 0.29) is 12.4 Å². The second-order valence-corrected chi connectivity index (χ2v) is 5.79. The molecule has 1 aliphatic heterocycles. The fourth-order valence-corrected chi connectivity index (χ4v) is 3.14. The van der Waals surface area contributed by atoms with Crippen molar-refractivity contribution in [2.75, 3.05) is 19.6 Å². The van der Waals surface area contributed by atoms with Crippen molar-refractivity contribution in [1.82, 2.24) is 19.8 Å². The highest BCUT2D eigenvalue weighted by atomic mass is 35.5. The molecule has 0 aliphatic carbocycles. The Morgan fingerprint density at radius 2 is 2.14 bits per heavy atom. The molecule has 0 saturated carbocycles. The highest BCUT2D eigenvalue weighted by Crippen LogP contribution is 2.24. The number of nitrogens with zero attached hydrogens (tertiary/aromatic N) is 3. The van der Waals surface area contributed by atoms with Gasteiger partial charge in [0.25, 0.3) is 0 Å². The van der Waals surface area contributed by atoms with Gasteiger partial charge < -0.3 is 5.32 Å². The molecule has 1 fully saturated rings. The van der Waals surface area contributed by atoms with Crippen LogP contribution >= 0.6 is 23.9 Å². The van der Waals surface area contributed by atoms with Gasteiger partial charge in [-0.2, -0.15) is 0 Å². The van der Waals surface area contributed by atoms with Crippen molar-refractivity contribution in [2.24, 2.45) is 0 Å². The average molecular weight is 325 g/mol. The summed E-state index contributed by atoms with van der Waals surface area (Å²) in [5.74, 6) is 0. The van der Waals surface area contributed by atoms with Crippen molar-refractivity contribution in [3.05, 3.63) is 46.5 Å². The Hall–Kier alpha value is -1.01. The SMILES string of the molecule is CCc1ccc(C2CNCCN2Cc2csnn2)cc1.Cl. The first-order chi connectivity index (χ1) is 9.86. The van der Waals surface area contributed by atoms with Crippen LogP contribution in [-0.4, -0.2) is 34.1 Å². The first-order valence-corrected chi connectivity index (χ1v) is 8.00. The Bertz CT molecular complexity index is 529. The number of rotatable bonds is 4. The molecule has 114 valence electrons. The van der Waals surface area contributed by atoms with Gasteiger partial charge in [-0.15, -0.1) is 17.5 Å². The van der Waals surface area contributed by atoms with Gasteiger partial charge in [-0.25, -0.2) is 0 Å². The van der Waals surface area contributed by atoms with E-state index in [2.05, 4.69) is 51.0 Å². The van der Waals surface area contributed by atoms with Crippen LogP contribution in [-0.2, 0) is 13.0 Å². The zero-order valence-corrected chi connectivity index (χ0v) is 13.8. The molecule has 1 unspecified atom stereocenters. The third-order valence-electron chi connectivity index (χ3n) is 3.90. The molecule has 0 spiro atoms. The third kappa shape index (κ3) is 4.01. The Balaban J connectivity index is 0.00000161. The minimum absolute atomic E-state index is 0. The molecule has 2 heterocycles. The Morgan fingerprint density at radius 3 is 2.81 bits per heavy atom. The van der Waals surface area contributed by atoms with Crippen LogP contribution in [0.1, 0.15) is 29.8 Å². The van der Waals surface area contributed by atoms with Gasteiger partial charge in [0.05, 0.1) is 5.69 Å². The summed E-state index contributed by atoms with van der Waals surface area (Å²) in [4.78, 5) is 2.49. The van der Waals surface area contributed by atoms with Crippen LogP contribution in [0.5, 0.6) is 0 Å². The average Bonchev–Trinajstić information content (AvgIpc) is 3.01. The number of benzene rings is 1. The maximum atomic E-state index is 4.17. The minimum Gasteiger partial charge on any atom is -0.314 e. The summed E-state index contributed by atoms with van der Waals surface area (Å²) in [7, 11) is 0. The van der Waals surface area contributed by atoms with E-state index in [4.69, 9.17) is 0 Å². The van der Waals surface area contributed by atoms with Gasteiger partial charge in [-0.1, -0.05) is 35.7 Å². The number of nitrogens with one attached hydrogen (secondary N) is 1. The topological polar surface area (TPSA) is 41.0 Å². The van der Waals surface area contributed by atoms with Crippen LogP contribution in [0.3, 0.4) is 0 Å². The molecule has 21 heavy (non-hydrogen) atoms. The molecule has 1 aliphatic rings. The summed E-state index contributed by atoms with van der Waals surface area (Å²) < 4.78 is 3.96. The van der Waals surface area contributed by atoms with Crippen molar-refractivity contribution in [3.63, 3.8) is 0 Å². The molecule has 1 saturated heterocycles. The molecule has 1 atom stereocenters. The number of aryl methyl sites for hydroxylation is 1. The molecule has 1 aromatic carbocycles. The lowest BCUT2D eigenvalue weighted by Crippen LogP contribution is -2.45. The van der Waals surface area contributed by atoms with Crippen LogP contribution in [0.25, 0.3) is 0 Å². The van der Waals surface area contributed by atoms with Gasteiger partial charge in [-0.3, -0.25) is 4.90 Å². The molecule has 0 radical (unpaired) electrons.